The predicted molar refractivity (Wildman–Crippen MR) is 75.5 cm³/mol. The summed E-state index contributed by atoms with van der Waals surface area (Å²) in [4.78, 5) is 15.7. The Morgan fingerprint density at radius 3 is 2.95 bits per heavy atom. The molecule has 0 radical (unpaired) electrons. The van der Waals surface area contributed by atoms with Gasteiger partial charge in [-0.05, 0) is 25.1 Å². The third kappa shape index (κ3) is 3.84. The summed E-state index contributed by atoms with van der Waals surface area (Å²) in [6.45, 7) is 2.11. The third-order valence-corrected chi connectivity index (χ3v) is 3.69. The van der Waals surface area contributed by atoms with Crippen LogP contribution in [0.15, 0.2) is 28.1 Å². The normalized spacial score (nSPS) is 10.5. The summed E-state index contributed by atoms with van der Waals surface area (Å²) in [5.74, 6) is -0.633. The largest absolute Gasteiger partial charge is 0.466 e. The van der Waals surface area contributed by atoms with Crippen molar-refractivity contribution >= 4 is 33.2 Å². The molecule has 1 heterocycles. The van der Waals surface area contributed by atoms with Gasteiger partial charge in [0.15, 0.2) is 0 Å². The number of thiazole rings is 1. The molecule has 1 aromatic heterocycles. The van der Waals surface area contributed by atoms with Crippen LogP contribution >= 0.6 is 27.3 Å². The molecular formula is C13H11BrFNO2S. The minimum absolute atomic E-state index is 0.140. The number of rotatable bonds is 4. The monoisotopic (exact) mass is 343 g/mol. The number of hydrogen-bond acceptors (Lipinski definition) is 4. The maximum atomic E-state index is 13.3. The molecule has 0 aliphatic heterocycles. The number of nitrogens with zero attached hydrogens (tertiary/aromatic N) is 1. The van der Waals surface area contributed by atoms with E-state index in [1.807, 2.05) is 0 Å². The lowest BCUT2D eigenvalue weighted by Crippen LogP contribution is -2.07. The van der Waals surface area contributed by atoms with Crippen molar-refractivity contribution in [1.82, 2.24) is 4.98 Å². The second-order valence-corrected chi connectivity index (χ2v) is 5.56. The molecule has 0 amide bonds. The number of hydrogen-bond donors (Lipinski definition) is 0. The SMILES string of the molecule is CCOC(=O)Cc1csc(-c2cc(F)cc(Br)c2)n1. The number of ether oxygens (including phenoxy) is 1. The van der Waals surface area contributed by atoms with Crippen molar-refractivity contribution in [3.05, 3.63) is 39.6 Å². The van der Waals surface area contributed by atoms with Crippen LogP contribution in [-0.2, 0) is 16.0 Å². The molecule has 6 heteroatoms. The second kappa shape index (κ2) is 6.25. The van der Waals surface area contributed by atoms with E-state index in [-0.39, 0.29) is 18.2 Å². The van der Waals surface area contributed by atoms with E-state index in [0.717, 1.165) is 0 Å². The third-order valence-electron chi connectivity index (χ3n) is 2.29. The zero-order valence-corrected chi connectivity index (χ0v) is 12.6. The minimum Gasteiger partial charge on any atom is -0.466 e. The molecule has 0 saturated carbocycles. The van der Waals surface area contributed by atoms with E-state index in [0.29, 0.717) is 27.3 Å². The van der Waals surface area contributed by atoms with E-state index in [1.165, 1.54) is 23.5 Å². The van der Waals surface area contributed by atoms with E-state index in [1.54, 1.807) is 18.4 Å². The Morgan fingerprint density at radius 2 is 2.26 bits per heavy atom. The maximum absolute atomic E-state index is 13.3. The Bertz CT molecular complexity index is 580. The summed E-state index contributed by atoms with van der Waals surface area (Å²) < 4.78 is 18.8. The highest BCUT2D eigenvalue weighted by Gasteiger charge is 2.10. The van der Waals surface area contributed by atoms with Crippen molar-refractivity contribution in [3.8, 4) is 10.6 Å². The molecular weight excluding hydrogens is 333 g/mol. The molecule has 2 aromatic rings. The highest BCUT2D eigenvalue weighted by atomic mass is 79.9. The molecule has 0 aliphatic rings. The van der Waals surface area contributed by atoms with E-state index in [9.17, 15) is 9.18 Å². The van der Waals surface area contributed by atoms with Crippen LogP contribution in [0, 0.1) is 5.82 Å². The van der Waals surface area contributed by atoms with Crippen molar-refractivity contribution in [3.63, 3.8) is 0 Å². The number of halogens is 2. The summed E-state index contributed by atoms with van der Waals surface area (Å²) in [6.07, 6.45) is 0.140. The first-order chi connectivity index (χ1) is 9.08. The first-order valence-electron chi connectivity index (χ1n) is 5.65. The predicted octanol–water partition coefficient (Wildman–Crippen LogP) is 3.82. The van der Waals surface area contributed by atoms with Gasteiger partial charge in [0.1, 0.15) is 10.8 Å². The van der Waals surface area contributed by atoms with E-state index >= 15 is 0 Å². The number of esters is 1. The lowest BCUT2D eigenvalue weighted by molar-refractivity contribution is -0.142. The van der Waals surface area contributed by atoms with Gasteiger partial charge in [0.2, 0.25) is 0 Å². The van der Waals surface area contributed by atoms with Gasteiger partial charge in [-0.3, -0.25) is 4.79 Å². The summed E-state index contributed by atoms with van der Waals surface area (Å²) >= 11 is 4.61. The molecule has 0 spiro atoms. The standard InChI is InChI=1S/C13H11BrFNO2S/c1-2-18-12(17)6-11-7-19-13(16-11)8-3-9(14)5-10(15)4-8/h3-5,7H,2,6H2,1H3. The van der Waals surface area contributed by atoms with Gasteiger partial charge >= 0.3 is 5.97 Å². The van der Waals surface area contributed by atoms with Crippen molar-refractivity contribution in [1.29, 1.82) is 0 Å². The van der Waals surface area contributed by atoms with Gasteiger partial charge < -0.3 is 4.74 Å². The van der Waals surface area contributed by atoms with E-state index in [2.05, 4.69) is 20.9 Å². The molecule has 0 unspecified atom stereocenters. The first-order valence-corrected chi connectivity index (χ1v) is 7.32. The molecule has 2 rings (SSSR count). The highest BCUT2D eigenvalue weighted by Crippen LogP contribution is 2.27. The van der Waals surface area contributed by atoms with Crippen molar-refractivity contribution in [2.75, 3.05) is 6.61 Å². The fraction of sp³-hybridized carbons (Fsp3) is 0.231. The highest BCUT2D eigenvalue weighted by molar-refractivity contribution is 9.10. The Hall–Kier alpha value is -1.27. The van der Waals surface area contributed by atoms with Gasteiger partial charge in [0.25, 0.3) is 0 Å². The smallest absolute Gasteiger partial charge is 0.311 e. The van der Waals surface area contributed by atoms with Crippen LogP contribution in [0.1, 0.15) is 12.6 Å². The van der Waals surface area contributed by atoms with Crippen LogP contribution < -0.4 is 0 Å². The van der Waals surface area contributed by atoms with Gasteiger partial charge in [-0.25, -0.2) is 9.37 Å². The summed E-state index contributed by atoms with van der Waals surface area (Å²) in [5, 5.41) is 2.46. The van der Waals surface area contributed by atoms with Gasteiger partial charge in [-0.1, -0.05) is 15.9 Å². The molecule has 1 aromatic carbocycles. The van der Waals surface area contributed by atoms with E-state index in [4.69, 9.17) is 4.74 Å². The molecule has 0 fully saturated rings. The summed E-state index contributed by atoms with van der Waals surface area (Å²) in [7, 11) is 0. The van der Waals surface area contributed by atoms with Gasteiger partial charge in [0.05, 0.1) is 18.7 Å². The topological polar surface area (TPSA) is 39.2 Å². The van der Waals surface area contributed by atoms with Crippen molar-refractivity contribution in [2.45, 2.75) is 13.3 Å². The molecule has 0 bridgehead atoms. The molecule has 100 valence electrons. The number of carbonyl (C=O) groups excluding carboxylic acids is 1. The van der Waals surface area contributed by atoms with Crippen LogP contribution in [0.4, 0.5) is 4.39 Å². The molecule has 3 nitrogen and oxygen atoms in total. The first kappa shape index (κ1) is 14.1. The maximum Gasteiger partial charge on any atom is 0.311 e. The number of aromatic nitrogens is 1. The van der Waals surface area contributed by atoms with Crippen molar-refractivity contribution < 1.29 is 13.9 Å². The lowest BCUT2D eigenvalue weighted by atomic mass is 10.2. The Labute approximate surface area is 122 Å². The quantitative estimate of drug-likeness (QED) is 0.792. The average molecular weight is 344 g/mol. The van der Waals surface area contributed by atoms with Crippen LogP contribution in [0.5, 0.6) is 0 Å². The number of carbonyl (C=O) groups is 1. The molecule has 0 N–H and O–H groups in total. The zero-order valence-electron chi connectivity index (χ0n) is 10.2. The zero-order chi connectivity index (χ0) is 13.8. The fourth-order valence-corrected chi connectivity index (χ4v) is 2.83. The molecule has 0 aliphatic carbocycles. The summed E-state index contributed by atoms with van der Waals surface area (Å²) in [5.41, 5.74) is 1.32. The second-order valence-electron chi connectivity index (χ2n) is 3.78. The van der Waals surface area contributed by atoms with Gasteiger partial charge in [-0.2, -0.15) is 0 Å². The minimum atomic E-state index is -0.327. The molecule has 0 saturated heterocycles. The van der Waals surface area contributed by atoms with Crippen LogP contribution in [0.25, 0.3) is 10.6 Å². The van der Waals surface area contributed by atoms with Crippen LogP contribution in [0.2, 0.25) is 0 Å². The Kier molecular flexibility index (Phi) is 4.66. The average Bonchev–Trinajstić information content (AvgIpc) is 2.76. The van der Waals surface area contributed by atoms with Crippen LogP contribution in [0.3, 0.4) is 0 Å². The van der Waals surface area contributed by atoms with Crippen molar-refractivity contribution in [2.24, 2.45) is 0 Å². The number of benzene rings is 1. The lowest BCUT2D eigenvalue weighted by Gasteiger charge is -1.99. The van der Waals surface area contributed by atoms with Gasteiger partial charge in [0, 0.05) is 15.4 Å². The Balaban J connectivity index is 2.18. The van der Waals surface area contributed by atoms with Crippen LogP contribution in [-0.4, -0.2) is 17.6 Å². The molecule has 19 heavy (non-hydrogen) atoms. The van der Waals surface area contributed by atoms with Gasteiger partial charge in [-0.15, -0.1) is 11.3 Å². The fourth-order valence-electron chi connectivity index (χ4n) is 1.56. The van der Waals surface area contributed by atoms with E-state index < -0.39 is 0 Å². The summed E-state index contributed by atoms with van der Waals surface area (Å²) in [6, 6.07) is 4.59. The molecule has 0 atom stereocenters. The Morgan fingerprint density at radius 1 is 1.47 bits per heavy atom.